The van der Waals surface area contributed by atoms with Gasteiger partial charge >= 0.3 is 5.97 Å². The van der Waals surface area contributed by atoms with Gasteiger partial charge in [-0.25, -0.2) is 9.80 Å². The van der Waals surface area contributed by atoms with Crippen LogP contribution in [0, 0.1) is 0 Å². The van der Waals surface area contributed by atoms with E-state index in [1.54, 1.807) is 34.8 Å². The van der Waals surface area contributed by atoms with Crippen molar-refractivity contribution in [3.63, 3.8) is 0 Å². The van der Waals surface area contributed by atoms with Crippen LogP contribution < -0.4 is 4.74 Å². The van der Waals surface area contributed by atoms with Crippen molar-refractivity contribution in [3.8, 4) is 5.75 Å². The number of hydrogen-bond acceptors (Lipinski definition) is 7. The molecule has 0 fully saturated rings. The zero-order valence-electron chi connectivity index (χ0n) is 15.9. The highest BCUT2D eigenvalue weighted by molar-refractivity contribution is 7.12. The van der Waals surface area contributed by atoms with E-state index in [1.807, 2.05) is 35.0 Å². The fourth-order valence-electron chi connectivity index (χ4n) is 3.15. The molecule has 0 spiro atoms. The number of esters is 1. The molecule has 1 atom stereocenters. The lowest BCUT2D eigenvalue weighted by Gasteiger charge is -2.20. The van der Waals surface area contributed by atoms with Crippen LogP contribution in [0.1, 0.15) is 32.6 Å². The Bertz CT molecular complexity index is 1080. The molecule has 4 rings (SSSR count). The summed E-state index contributed by atoms with van der Waals surface area (Å²) >= 11 is 9.11. The molecule has 1 amide bonds. The molecule has 2 aromatic heterocycles. The number of halogens is 1. The van der Waals surface area contributed by atoms with Crippen LogP contribution in [0.25, 0.3) is 0 Å². The lowest BCUT2D eigenvalue weighted by Crippen LogP contribution is -2.31. The fourth-order valence-corrected chi connectivity index (χ4v) is 4.85. The largest absolute Gasteiger partial charge is 0.496 e. The standard InChI is InChI=1S/C21H17ClN2O4S2/c1-27-17-7-6-13(22)10-14(17)21(26)28-12-20(25)24-16(19-5-3-9-30-19)11-15(23-24)18-4-2-8-29-18/h2-10,16H,11-12H2,1H3. The van der Waals surface area contributed by atoms with Gasteiger partial charge in [0.25, 0.3) is 5.91 Å². The Labute approximate surface area is 186 Å². The fraction of sp³-hybridized carbons (Fsp3) is 0.190. The third-order valence-corrected chi connectivity index (χ3v) is 6.68. The molecule has 0 aliphatic carbocycles. The summed E-state index contributed by atoms with van der Waals surface area (Å²) in [6.07, 6.45) is 0.614. The van der Waals surface area contributed by atoms with E-state index in [0.717, 1.165) is 15.5 Å². The smallest absolute Gasteiger partial charge is 0.342 e. The van der Waals surface area contributed by atoms with Gasteiger partial charge in [-0.05, 0) is 41.1 Å². The van der Waals surface area contributed by atoms with Crippen molar-refractivity contribution < 1.29 is 19.1 Å². The summed E-state index contributed by atoms with van der Waals surface area (Å²) in [7, 11) is 1.45. The lowest BCUT2D eigenvalue weighted by atomic mass is 10.1. The van der Waals surface area contributed by atoms with Crippen molar-refractivity contribution >= 4 is 51.9 Å². The quantitative estimate of drug-likeness (QED) is 0.485. The predicted octanol–water partition coefficient (Wildman–Crippen LogP) is 5.01. The van der Waals surface area contributed by atoms with Crippen LogP contribution in [0.3, 0.4) is 0 Å². The Morgan fingerprint density at radius 3 is 2.70 bits per heavy atom. The Morgan fingerprint density at radius 2 is 2.00 bits per heavy atom. The summed E-state index contributed by atoms with van der Waals surface area (Å²) in [5.41, 5.74) is 1.01. The van der Waals surface area contributed by atoms with Crippen LogP contribution in [-0.2, 0) is 9.53 Å². The summed E-state index contributed by atoms with van der Waals surface area (Å²) in [6, 6.07) is 12.3. The van der Waals surface area contributed by atoms with E-state index in [2.05, 4.69) is 5.10 Å². The molecule has 1 aromatic carbocycles. The van der Waals surface area contributed by atoms with Crippen molar-refractivity contribution in [2.24, 2.45) is 5.10 Å². The molecule has 0 saturated heterocycles. The number of hydrazone groups is 1. The van der Waals surface area contributed by atoms with Crippen molar-refractivity contribution in [1.29, 1.82) is 0 Å². The Hall–Kier alpha value is -2.68. The monoisotopic (exact) mass is 460 g/mol. The van der Waals surface area contributed by atoms with Crippen molar-refractivity contribution in [1.82, 2.24) is 5.01 Å². The maximum atomic E-state index is 12.9. The van der Waals surface area contributed by atoms with Crippen LogP contribution in [0.15, 0.2) is 58.3 Å². The molecule has 0 N–H and O–H groups in total. The Kier molecular flexibility index (Phi) is 6.17. The molecule has 3 heterocycles. The number of methoxy groups -OCH3 is 1. The highest BCUT2D eigenvalue weighted by Gasteiger charge is 2.34. The Morgan fingerprint density at radius 1 is 1.20 bits per heavy atom. The molecular weight excluding hydrogens is 444 g/mol. The highest BCUT2D eigenvalue weighted by atomic mass is 35.5. The van der Waals surface area contributed by atoms with Gasteiger partial charge in [-0.1, -0.05) is 23.7 Å². The summed E-state index contributed by atoms with van der Waals surface area (Å²) in [6.45, 7) is -0.433. The van der Waals surface area contributed by atoms with Crippen molar-refractivity contribution in [2.75, 3.05) is 13.7 Å². The van der Waals surface area contributed by atoms with Crippen LogP contribution in [0.5, 0.6) is 5.75 Å². The first-order valence-electron chi connectivity index (χ1n) is 9.04. The number of carbonyl (C=O) groups is 2. The number of benzene rings is 1. The van der Waals surface area contributed by atoms with Crippen molar-refractivity contribution in [3.05, 3.63) is 73.6 Å². The maximum Gasteiger partial charge on any atom is 0.342 e. The minimum Gasteiger partial charge on any atom is -0.496 e. The molecule has 0 bridgehead atoms. The first-order chi connectivity index (χ1) is 14.6. The topological polar surface area (TPSA) is 68.2 Å². The van der Waals surface area contributed by atoms with E-state index < -0.39 is 18.5 Å². The van der Waals surface area contributed by atoms with E-state index >= 15 is 0 Å². The molecule has 1 aliphatic rings. The first-order valence-corrected chi connectivity index (χ1v) is 11.2. The second-order valence-corrected chi connectivity index (χ2v) is 8.78. The van der Waals surface area contributed by atoms with Gasteiger partial charge in [0.05, 0.1) is 23.7 Å². The summed E-state index contributed by atoms with van der Waals surface area (Å²) in [5, 5.41) is 10.3. The molecule has 0 saturated carbocycles. The van der Waals surface area contributed by atoms with Gasteiger partial charge < -0.3 is 9.47 Å². The van der Waals surface area contributed by atoms with Gasteiger partial charge in [0.2, 0.25) is 0 Å². The molecule has 9 heteroatoms. The molecular formula is C21H17ClN2O4S2. The molecule has 154 valence electrons. The van der Waals surface area contributed by atoms with E-state index in [1.165, 1.54) is 18.2 Å². The summed E-state index contributed by atoms with van der Waals surface area (Å²) in [5.74, 6) is -0.751. The van der Waals surface area contributed by atoms with Crippen molar-refractivity contribution in [2.45, 2.75) is 12.5 Å². The summed E-state index contributed by atoms with van der Waals surface area (Å²) in [4.78, 5) is 27.5. The Balaban J connectivity index is 1.51. The third kappa shape index (κ3) is 4.26. The van der Waals surface area contributed by atoms with E-state index in [-0.39, 0.29) is 11.6 Å². The summed E-state index contributed by atoms with van der Waals surface area (Å²) < 4.78 is 10.4. The van der Waals surface area contributed by atoms with Gasteiger partial charge in [-0.2, -0.15) is 5.10 Å². The maximum absolute atomic E-state index is 12.9. The average Bonchev–Trinajstić information content (AvgIpc) is 3.51. The molecule has 1 aliphatic heterocycles. The van der Waals surface area contributed by atoms with Crippen LogP contribution in [0.4, 0.5) is 0 Å². The normalized spacial score (nSPS) is 15.7. The minimum absolute atomic E-state index is 0.164. The molecule has 6 nitrogen and oxygen atoms in total. The zero-order valence-corrected chi connectivity index (χ0v) is 18.3. The second kappa shape index (κ2) is 8.99. The molecule has 3 aromatic rings. The second-order valence-electron chi connectivity index (χ2n) is 6.42. The van der Waals surface area contributed by atoms with Gasteiger partial charge in [0, 0.05) is 16.3 Å². The number of hydrogen-bond donors (Lipinski definition) is 0. The SMILES string of the molecule is COc1ccc(Cl)cc1C(=O)OCC(=O)N1N=C(c2cccs2)CC1c1cccs1. The van der Waals surface area contributed by atoms with E-state index in [0.29, 0.717) is 17.2 Å². The number of carbonyl (C=O) groups excluding carboxylic acids is 2. The molecule has 30 heavy (non-hydrogen) atoms. The predicted molar refractivity (Wildman–Crippen MR) is 118 cm³/mol. The van der Waals surface area contributed by atoms with Gasteiger partial charge in [-0.15, -0.1) is 22.7 Å². The number of ether oxygens (including phenoxy) is 2. The first kappa shape index (κ1) is 20.6. The average molecular weight is 461 g/mol. The van der Waals surface area contributed by atoms with E-state index in [4.69, 9.17) is 21.1 Å². The van der Waals surface area contributed by atoms with Gasteiger partial charge in [0.15, 0.2) is 6.61 Å². The van der Waals surface area contributed by atoms with E-state index in [9.17, 15) is 9.59 Å². The zero-order chi connectivity index (χ0) is 21.1. The highest BCUT2D eigenvalue weighted by Crippen LogP contribution is 2.36. The van der Waals surface area contributed by atoms with Crippen LogP contribution in [-0.4, -0.2) is 36.3 Å². The van der Waals surface area contributed by atoms with Crippen LogP contribution >= 0.6 is 34.3 Å². The number of nitrogens with zero attached hydrogens (tertiary/aromatic N) is 2. The number of thiophene rings is 2. The third-order valence-electron chi connectivity index (χ3n) is 4.55. The number of amides is 1. The van der Waals surface area contributed by atoms with Gasteiger partial charge in [-0.3, -0.25) is 4.79 Å². The number of rotatable bonds is 6. The van der Waals surface area contributed by atoms with Gasteiger partial charge in [0.1, 0.15) is 11.3 Å². The minimum atomic E-state index is -0.683. The molecule has 1 unspecified atom stereocenters. The van der Waals surface area contributed by atoms with Crippen LogP contribution in [0.2, 0.25) is 5.02 Å². The molecule has 0 radical (unpaired) electrons. The lowest BCUT2D eigenvalue weighted by molar-refractivity contribution is -0.136.